The molecule has 2 amide bonds. The van der Waals surface area contributed by atoms with Gasteiger partial charge in [-0.3, -0.25) is 9.59 Å². The Bertz CT molecular complexity index is 917. The number of benzene rings is 2. The van der Waals surface area contributed by atoms with Gasteiger partial charge < -0.3 is 15.6 Å². The highest BCUT2D eigenvalue weighted by Crippen LogP contribution is 2.19. The number of hydrogen-bond acceptors (Lipinski definition) is 3. The van der Waals surface area contributed by atoms with Crippen molar-refractivity contribution in [3.8, 4) is 0 Å². The van der Waals surface area contributed by atoms with Gasteiger partial charge in [0.2, 0.25) is 11.8 Å². The molecule has 0 bridgehead atoms. The summed E-state index contributed by atoms with van der Waals surface area (Å²) in [6.45, 7) is 4.10. The maximum absolute atomic E-state index is 12.5. The zero-order valence-electron chi connectivity index (χ0n) is 16.9. The quantitative estimate of drug-likeness (QED) is 0.521. The molecule has 3 aromatic rings. The summed E-state index contributed by atoms with van der Waals surface area (Å²) in [5.74, 6) is 0.828. The number of aromatic amines is 1. The Balaban J connectivity index is 1.68. The first kappa shape index (κ1) is 20.6. The molecule has 0 unspecified atom stereocenters. The van der Waals surface area contributed by atoms with Crippen LogP contribution in [0.15, 0.2) is 54.6 Å². The molecule has 152 valence electrons. The van der Waals surface area contributed by atoms with Crippen molar-refractivity contribution in [2.75, 3.05) is 6.54 Å². The number of carbonyl (C=O) groups is 2. The molecule has 1 atom stereocenters. The highest BCUT2D eigenvalue weighted by molar-refractivity contribution is 5.85. The molecule has 3 N–H and O–H groups in total. The van der Waals surface area contributed by atoms with Gasteiger partial charge >= 0.3 is 0 Å². The first-order valence-corrected chi connectivity index (χ1v) is 10.1. The van der Waals surface area contributed by atoms with Crippen LogP contribution in [0.4, 0.5) is 0 Å². The molecule has 6 nitrogen and oxygen atoms in total. The minimum Gasteiger partial charge on any atom is -0.347 e. The molecule has 1 heterocycles. The number of nitrogens with zero attached hydrogens (tertiary/aromatic N) is 1. The van der Waals surface area contributed by atoms with Crippen LogP contribution in [0.25, 0.3) is 11.0 Å². The normalized spacial score (nSPS) is 12.1. The number of nitrogens with one attached hydrogen (secondary N) is 3. The van der Waals surface area contributed by atoms with E-state index in [1.165, 1.54) is 0 Å². The van der Waals surface area contributed by atoms with Crippen molar-refractivity contribution < 1.29 is 9.59 Å². The van der Waals surface area contributed by atoms with E-state index in [0.29, 0.717) is 24.6 Å². The third-order valence-electron chi connectivity index (χ3n) is 4.75. The minimum absolute atomic E-state index is 0.0392. The maximum Gasteiger partial charge on any atom is 0.239 e. The Hall–Kier alpha value is -3.15. The van der Waals surface area contributed by atoms with E-state index in [9.17, 15) is 9.59 Å². The van der Waals surface area contributed by atoms with E-state index in [1.807, 2.05) is 54.6 Å². The van der Waals surface area contributed by atoms with E-state index in [4.69, 9.17) is 0 Å². The second-order valence-corrected chi connectivity index (χ2v) is 7.66. The monoisotopic (exact) mass is 392 g/mol. The lowest BCUT2D eigenvalue weighted by atomic mass is 10.1. The van der Waals surface area contributed by atoms with Crippen LogP contribution < -0.4 is 10.6 Å². The van der Waals surface area contributed by atoms with E-state index in [0.717, 1.165) is 23.0 Å². The van der Waals surface area contributed by atoms with Crippen molar-refractivity contribution in [1.29, 1.82) is 0 Å². The van der Waals surface area contributed by atoms with Gasteiger partial charge in [-0.05, 0) is 36.5 Å². The molecule has 2 aromatic carbocycles. The molecular weight excluding hydrogens is 364 g/mol. The van der Waals surface area contributed by atoms with Crippen LogP contribution >= 0.6 is 0 Å². The molecule has 0 aliphatic rings. The predicted octanol–water partition coefficient (Wildman–Crippen LogP) is 3.52. The van der Waals surface area contributed by atoms with Gasteiger partial charge in [0.05, 0.1) is 23.6 Å². The summed E-state index contributed by atoms with van der Waals surface area (Å²) >= 11 is 0. The van der Waals surface area contributed by atoms with Crippen molar-refractivity contribution in [3.63, 3.8) is 0 Å². The first-order valence-electron chi connectivity index (χ1n) is 10.1. The van der Waals surface area contributed by atoms with Gasteiger partial charge in [-0.1, -0.05) is 56.3 Å². The molecule has 0 aliphatic heterocycles. The molecule has 0 fully saturated rings. The maximum atomic E-state index is 12.5. The Morgan fingerprint density at radius 1 is 1.00 bits per heavy atom. The molecule has 0 spiro atoms. The van der Waals surface area contributed by atoms with Crippen LogP contribution in [0.1, 0.15) is 44.1 Å². The van der Waals surface area contributed by atoms with Crippen molar-refractivity contribution in [1.82, 2.24) is 20.6 Å². The Kier molecular flexibility index (Phi) is 7.00. The van der Waals surface area contributed by atoms with Gasteiger partial charge in [0.25, 0.3) is 0 Å². The highest BCUT2D eigenvalue weighted by Gasteiger charge is 2.19. The van der Waals surface area contributed by atoms with Crippen LogP contribution in [0.5, 0.6) is 0 Å². The molecule has 6 heteroatoms. The van der Waals surface area contributed by atoms with Crippen molar-refractivity contribution >= 4 is 22.8 Å². The molecule has 0 aliphatic carbocycles. The van der Waals surface area contributed by atoms with Gasteiger partial charge in [-0.15, -0.1) is 0 Å². The molecule has 1 aromatic heterocycles. The lowest BCUT2D eigenvalue weighted by Gasteiger charge is -2.17. The second kappa shape index (κ2) is 9.87. The number of imidazole rings is 1. The van der Waals surface area contributed by atoms with Crippen LogP contribution in [0.3, 0.4) is 0 Å². The SMILES string of the molecule is CC(C)CCC(=O)NCC(=O)N[C@@H](Cc1ccccc1)c1nc2ccccc2[nH]1. The number of H-pyrrole nitrogens is 1. The Morgan fingerprint density at radius 2 is 1.72 bits per heavy atom. The molecule has 29 heavy (non-hydrogen) atoms. The Labute approximate surface area is 171 Å². The summed E-state index contributed by atoms with van der Waals surface area (Å²) in [4.78, 5) is 32.4. The van der Waals surface area contributed by atoms with Gasteiger partial charge in [0.1, 0.15) is 5.82 Å². The minimum atomic E-state index is -0.315. The number of aromatic nitrogens is 2. The topological polar surface area (TPSA) is 86.9 Å². The molecule has 0 saturated heterocycles. The fraction of sp³-hybridized carbons (Fsp3) is 0.348. The van der Waals surface area contributed by atoms with Crippen molar-refractivity contribution in [2.45, 2.75) is 39.2 Å². The zero-order valence-corrected chi connectivity index (χ0v) is 16.9. The summed E-state index contributed by atoms with van der Waals surface area (Å²) in [6, 6.07) is 17.4. The summed E-state index contributed by atoms with van der Waals surface area (Å²) in [5.41, 5.74) is 2.88. The molecule has 3 rings (SSSR count). The number of para-hydroxylation sites is 2. The summed E-state index contributed by atoms with van der Waals surface area (Å²) < 4.78 is 0. The summed E-state index contributed by atoms with van der Waals surface area (Å²) in [5, 5.41) is 5.72. The highest BCUT2D eigenvalue weighted by atomic mass is 16.2. The number of amides is 2. The van der Waals surface area contributed by atoms with Crippen molar-refractivity contribution in [2.24, 2.45) is 5.92 Å². The fourth-order valence-electron chi connectivity index (χ4n) is 3.14. The van der Waals surface area contributed by atoms with Crippen LogP contribution in [0.2, 0.25) is 0 Å². The second-order valence-electron chi connectivity index (χ2n) is 7.66. The van der Waals surface area contributed by atoms with Crippen LogP contribution in [-0.2, 0) is 16.0 Å². The van der Waals surface area contributed by atoms with Crippen LogP contribution in [-0.4, -0.2) is 28.3 Å². The number of hydrogen-bond donors (Lipinski definition) is 3. The van der Waals surface area contributed by atoms with Crippen LogP contribution in [0, 0.1) is 5.92 Å². The number of fused-ring (bicyclic) bond motifs is 1. The van der Waals surface area contributed by atoms with E-state index in [2.05, 4.69) is 34.4 Å². The average Bonchev–Trinajstić information content (AvgIpc) is 3.15. The lowest BCUT2D eigenvalue weighted by Crippen LogP contribution is -2.39. The smallest absolute Gasteiger partial charge is 0.239 e. The van der Waals surface area contributed by atoms with Gasteiger partial charge in [0.15, 0.2) is 0 Å². The molecular formula is C23H28N4O2. The standard InChI is InChI=1S/C23H28N4O2/c1-16(2)12-13-21(28)24-15-22(29)25-20(14-17-8-4-3-5-9-17)23-26-18-10-6-7-11-19(18)27-23/h3-11,16,20H,12-15H2,1-2H3,(H,24,28)(H,25,29)(H,26,27)/t20-/m0/s1. The van der Waals surface area contributed by atoms with E-state index < -0.39 is 0 Å². The van der Waals surface area contributed by atoms with Gasteiger partial charge in [-0.2, -0.15) is 0 Å². The third-order valence-corrected chi connectivity index (χ3v) is 4.75. The van der Waals surface area contributed by atoms with E-state index in [1.54, 1.807) is 0 Å². The summed E-state index contributed by atoms with van der Waals surface area (Å²) in [7, 11) is 0. The zero-order chi connectivity index (χ0) is 20.6. The average molecular weight is 393 g/mol. The largest absolute Gasteiger partial charge is 0.347 e. The van der Waals surface area contributed by atoms with E-state index >= 15 is 0 Å². The first-order chi connectivity index (χ1) is 14.0. The number of carbonyl (C=O) groups excluding carboxylic acids is 2. The predicted molar refractivity (Wildman–Crippen MR) is 114 cm³/mol. The van der Waals surface area contributed by atoms with E-state index in [-0.39, 0.29) is 24.4 Å². The van der Waals surface area contributed by atoms with Gasteiger partial charge in [0, 0.05) is 6.42 Å². The third kappa shape index (κ3) is 6.17. The number of rotatable bonds is 9. The molecule has 0 radical (unpaired) electrons. The fourth-order valence-corrected chi connectivity index (χ4v) is 3.14. The molecule has 0 saturated carbocycles. The summed E-state index contributed by atoms with van der Waals surface area (Å²) in [6.07, 6.45) is 1.85. The Morgan fingerprint density at radius 3 is 2.45 bits per heavy atom. The lowest BCUT2D eigenvalue weighted by molar-refractivity contribution is -0.126. The van der Waals surface area contributed by atoms with Gasteiger partial charge in [-0.25, -0.2) is 4.98 Å². The van der Waals surface area contributed by atoms with Crippen molar-refractivity contribution in [3.05, 3.63) is 66.0 Å².